The molecule has 11 heteroatoms. The van der Waals surface area contributed by atoms with Crippen molar-refractivity contribution < 1.29 is 0 Å². The number of pyridine rings is 1. The number of aryl methyl sites for hydroxylation is 2. The quantitative estimate of drug-likeness (QED) is 0.233. The second kappa shape index (κ2) is 8.72. The zero-order chi connectivity index (χ0) is 22.0. The first-order valence-electron chi connectivity index (χ1n) is 9.71. The van der Waals surface area contributed by atoms with Crippen molar-refractivity contribution in [3.05, 3.63) is 64.3 Å². The maximum atomic E-state index is 12.8. The number of aromatic nitrogens is 8. The molecule has 0 saturated carbocycles. The van der Waals surface area contributed by atoms with Crippen LogP contribution < -0.4 is 11.2 Å². The Bertz CT molecular complexity index is 1350. The largest absolute Gasteiger partial charge is 0.332 e. The molecular weight excluding hydrogens is 416 g/mol. The van der Waals surface area contributed by atoms with E-state index in [2.05, 4.69) is 26.7 Å². The standard InChI is InChI=1S/C20H22N8O2S/c1-4-10-27-16(14-6-8-21-9-7-14)23-24-19(27)31-12-5-11-28-18(29)15-17(22-13-25(15)2)26(3)20(28)30/h4,6-9,13H,1,5,10-12H2,2-3H3. The van der Waals surface area contributed by atoms with E-state index in [9.17, 15) is 9.59 Å². The summed E-state index contributed by atoms with van der Waals surface area (Å²) < 4.78 is 6.30. The van der Waals surface area contributed by atoms with Crippen molar-refractivity contribution in [3.8, 4) is 11.4 Å². The molecule has 4 aromatic rings. The van der Waals surface area contributed by atoms with Crippen LogP contribution in [0.25, 0.3) is 22.6 Å². The van der Waals surface area contributed by atoms with Crippen molar-refractivity contribution in [3.63, 3.8) is 0 Å². The van der Waals surface area contributed by atoms with Gasteiger partial charge in [-0.05, 0) is 18.6 Å². The molecule has 0 aliphatic carbocycles. The molecule has 4 heterocycles. The van der Waals surface area contributed by atoms with E-state index in [1.54, 1.807) is 43.5 Å². The molecule has 0 radical (unpaired) electrons. The number of hydrogen-bond acceptors (Lipinski definition) is 7. The molecule has 0 fully saturated rings. The van der Waals surface area contributed by atoms with Crippen molar-refractivity contribution in [1.29, 1.82) is 0 Å². The molecule has 31 heavy (non-hydrogen) atoms. The summed E-state index contributed by atoms with van der Waals surface area (Å²) in [6.07, 6.45) is 7.39. The van der Waals surface area contributed by atoms with Gasteiger partial charge in [-0.25, -0.2) is 9.78 Å². The fraction of sp³-hybridized carbons (Fsp3) is 0.300. The molecule has 0 unspecified atom stereocenters. The molecule has 10 nitrogen and oxygen atoms in total. The highest BCUT2D eigenvalue weighted by molar-refractivity contribution is 7.99. The Morgan fingerprint density at radius 1 is 1.13 bits per heavy atom. The summed E-state index contributed by atoms with van der Waals surface area (Å²) in [6.45, 7) is 4.71. The van der Waals surface area contributed by atoms with Crippen LogP contribution in [0, 0.1) is 0 Å². The maximum Gasteiger partial charge on any atom is 0.332 e. The van der Waals surface area contributed by atoms with E-state index in [-0.39, 0.29) is 11.2 Å². The highest BCUT2D eigenvalue weighted by atomic mass is 32.2. The Balaban J connectivity index is 1.51. The van der Waals surface area contributed by atoms with E-state index < -0.39 is 0 Å². The number of fused-ring (bicyclic) bond motifs is 1. The average Bonchev–Trinajstić information content (AvgIpc) is 3.36. The molecule has 0 atom stereocenters. The first-order chi connectivity index (χ1) is 15.0. The van der Waals surface area contributed by atoms with Crippen molar-refractivity contribution in [2.45, 2.75) is 24.7 Å². The van der Waals surface area contributed by atoms with Crippen LogP contribution in [-0.4, -0.2) is 44.2 Å². The first-order valence-corrected chi connectivity index (χ1v) is 10.7. The van der Waals surface area contributed by atoms with Gasteiger partial charge in [-0.15, -0.1) is 16.8 Å². The van der Waals surface area contributed by atoms with Gasteiger partial charge in [-0.1, -0.05) is 17.8 Å². The van der Waals surface area contributed by atoms with Crippen LogP contribution in [0.4, 0.5) is 0 Å². The van der Waals surface area contributed by atoms with E-state index in [0.29, 0.717) is 36.4 Å². The molecule has 0 aromatic carbocycles. The van der Waals surface area contributed by atoms with E-state index in [1.807, 2.05) is 16.7 Å². The SMILES string of the molecule is C=CCn1c(SCCCn2c(=O)c3c(ncn3C)n(C)c2=O)nnc1-c1ccncc1. The summed E-state index contributed by atoms with van der Waals surface area (Å²) in [7, 11) is 3.37. The first kappa shape index (κ1) is 20.8. The van der Waals surface area contributed by atoms with Crippen LogP contribution in [0.5, 0.6) is 0 Å². The van der Waals surface area contributed by atoms with Gasteiger partial charge in [-0.2, -0.15) is 0 Å². The number of imidazole rings is 1. The molecule has 4 rings (SSSR count). The van der Waals surface area contributed by atoms with Crippen LogP contribution in [-0.2, 0) is 27.2 Å². The molecule has 0 amide bonds. The Kier molecular flexibility index (Phi) is 5.85. The highest BCUT2D eigenvalue weighted by Crippen LogP contribution is 2.24. The third-order valence-corrected chi connectivity index (χ3v) is 5.98. The maximum absolute atomic E-state index is 12.8. The predicted molar refractivity (Wildman–Crippen MR) is 119 cm³/mol. The second-order valence-electron chi connectivity index (χ2n) is 6.97. The van der Waals surface area contributed by atoms with Gasteiger partial charge in [0.15, 0.2) is 22.1 Å². The summed E-state index contributed by atoms with van der Waals surface area (Å²) in [5.41, 5.74) is 1.05. The van der Waals surface area contributed by atoms with E-state index >= 15 is 0 Å². The molecule has 0 saturated heterocycles. The molecule has 4 aromatic heterocycles. The van der Waals surface area contributed by atoms with Gasteiger partial charge >= 0.3 is 5.69 Å². The van der Waals surface area contributed by atoms with Crippen LogP contribution in [0.2, 0.25) is 0 Å². The molecule has 0 aliphatic rings. The third-order valence-electron chi connectivity index (χ3n) is 4.93. The fourth-order valence-corrected chi connectivity index (χ4v) is 4.25. The zero-order valence-corrected chi connectivity index (χ0v) is 18.1. The van der Waals surface area contributed by atoms with Gasteiger partial charge in [0, 0.05) is 50.9 Å². The van der Waals surface area contributed by atoms with Crippen LogP contribution in [0.3, 0.4) is 0 Å². The fourth-order valence-electron chi connectivity index (χ4n) is 3.38. The Labute approximate surface area is 181 Å². The number of hydrogen-bond donors (Lipinski definition) is 0. The van der Waals surface area contributed by atoms with E-state index in [4.69, 9.17) is 0 Å². The van der Waals surface area contributed by atoms with E-state index in [0.717, 1.165) is 16.5 Å². The molecule has 0 aliphatic heterocycles. The summed E-state index contributed by atoms with van der Waals surface area (Å²) in [5, 5.41) is 9.39. The molecular formula is C20H22N8O2S. The lowest BCUT2D eigenvalue weighted by Crippen LogP contribution is -2.39. The lowest BCUT2D eigenvalue weighted by Gasteiger charge is -2.09. The topological polar surface area (TPSA) is 105 Å². The normalized spacial score (nSPS) is 11.3. The van der Waals surface area contributed by atoms with Crippen molar-refractivity contribution in [2.24, 2.45) is 14.1 Å². The zero-order valence-electron chi connectivity index (χ0n) is 17.3. The smallest absolute Gasteiger partial charge is 0.328 e. The molecule has 0 spiro atoms. The van der Waals surface area contributed by atoms with Gasteiger partial charge in [-0.3, -0.25) is 23.5 Å². The monoisotopic (exact) mass is 438 g/mol. The van der Waals surface area contributed by atoms with Crippen molar-refractivity contribution >= 4 is 22.9 Å². The van der Waals surface area contributed by atoms with Gasteiger partial charge in [0.25, 0.3) is 5.56 Å². The van der Waals surface area contributed by atoms with Crippen molar-refractivity contribution in [1.82, 2.24) is 38.4 Å². The lowest BCUT2D eigenvalue weighted by atomic mass is 10.2. The van der Waals surface area contributed by atoms with Gasteiger partial charge in [0.05, 0.1) is 6.33 Å². The second-order valence-corrected chi connectivity index (χ2v) is 8.03. The minimum atomic E-state index is -0.365. The van der Waals surface area contributed by atoms with Gasteiger partial charge in [0.1, 0.15) is 0 Å². The van der Waals surface area contributed by atoms with Crippen LogP contribution in [0.1, 0.15) is 6.42 Å². The van der Waals surface area contributed by atoms with Gasteiger partial charge < -0.3 is 4.57 Å². The molecule has 0 N–H and O–H groups in total. The number of nitrogens with zero attached hydrogens (tertiary/aromatic N) is 8. The van der Waals surface area contributed by atoms with Gasteiger partial charge in [0.2, 0.25) is 0 Å². The summed E-state index contributed by atoms with van der Waals surface area (Å²) in [4.78, 5) is 33.6. The lowest BCUT2D eigenvalue weighted by molar-refractivity contribution is 0.593. The number of thioether (sulfide) groups is 1. The molecule has 160 valence electrons. The summed E-state index contributed by atoms with van der Waals surface area (Å²) in [6, 6.07) is 3.77. The minimum Gasteiger partial charge on any atom is -0.328 e. The Hall–Kier alpha value is -3.47. The minimum absolute atomic E-state index is 0.312. The summed E-state index contributed by atoms with van der Waals surface area (Å²) in [5.74, 6) is 1.42. The molecule has 0 bridgehead atoms. The van der Waals surface area contributed by atoms with E-state index in [1.165, 1.54) is 20.9 Å². The van der Waals surface area contributed by atoms with Crippen LogP contribution in [0.15, 0.2) is 58.3 Å². The predicted octanol–water partition coefficient (Wildman–Crippen LogP) is 1.46. The average molecular weight is 439 g/mol. The number of allylic oxidation sites excluding steroid dienone is 1. The number of rotatable bonds is 8. The Morgan fingerprint density at radius 3 is 2.65 bits per heavy atom. The van der Waals surface area contributed by atoms with Crippen LogP contribution >= 0.6 is 11.8 Å². The highest BCUT2D eigenvalue weighted by Gasteiger charge is 2.16. The third kappa shape index (κ3) is 3.83. The summed E-state index contributed by atoms with van der Waals surface area (Å²) >= 11 is 1.53. The Morgan fingerprint density at radius 2 is 1.90 bits per heavy atom. The van der Waals surface area contributed by atoms with Crippen molar-refractivity contribution in [2.75, 3.05) is 5.75 Å².